The number of piperidine rings is 1. The van der Waals surface area contributed by atoms with Crippen LogP contribution in [0.5, 0.6) is 0 Å². The van der Waals surface area contributed by atoms with Gasteiger partial charge in [-0.15, -0.1) is 24.0 Å². The van der Waals surface area contributed by atoms with Gasteiger partial charge >= 0.3 is 0 Å². The highest BCUT2D eigenvalue weighted by Gasteiger charge is 2.16. The third-order valence-corrected chi connectivity index (χ3v) is 6.54. The molecule has 1 unspecified atom stereocenters. The van der Waals surface area contributed by atoms with E-state index >= 15 is 0 Å². The van der Waals surface area contributed by atoms with E-state index in [1.54, 1.807) is 0 Å². The van der Waals surface area contributed by atoms with Crippen LogP contribution in [0.2, 0.25) is 0 Å². The maximum Gasteiger partial charge on any atom is 0.191 e. The molecule has 0 bridgehead atoms. The third-order valence-electron chi connectivity index (χ3n) is 6.54. The van der Waals surface area contributed by atoms with Crippen LogP contribution in [0.15, 0.2) is 29.3 Å². The second kappa shape index (κ2) is 12.6. The molecule has 1 fully saturated rings. The first-order valence-electron chi connectivity index (χ1n) is 11.6. The van der Waals surface area contributed by atoms with Gasteiger partial charge in [0.2, 0.25) is 0 Å². The highest BCUT2D eigenvalue weighted by atomic mass is 127. The number of hydrogen-bond acceptors (Lipinski definition) is 3. The molecule has 0 aliphatic carbocycles. The number of aromatic nitrogens is 2. The molecule has 2 aromatic rings. The van der Waals surface area contributed by atoms with Crippen LogP contribution >= 0.6 is 24.0 Å². The number of rotatable bonds is 7. The molecule has 1 aromatic heterocycles. The van der Waals surface area contributed by atoms with Gasteiger partial charge in [-0.05, 0) is 75.7 Å². The van der Waals surface area contributed by atoms with Crippen molar-refractivity contribution in [3.63, 3.8) is 0 Å². The van der Waals surface area contributed by atoms with Gasteiger partial charge in [-0.3, -0.25) is 14.6 Å². The zero-order chi connectivity index (χ0) is 22.4. The predicted octanol–water partition coefficient (Wildman–Crippen LogP) is 4.18. The average Bonchev–Trinajstić information content (AvgIpc) is 2.99. The third kappa shape index (κ3) is 7.47. The Hall–Kier alpha value is -1.61. The summed E-state index contributed by atoms with van der Waals surface area (Å²) in [6.07, 6.45) is 3.58. The zero-order valence-electron chi connectivity index (χ0n) is 20.6. The fourth-order valence-corrected chi connectivity index (χ4v) is 4.32. The largest absolute Gasteiger partial charge is 0.354 e. The number of likely N-dealkylation sites (tertiary alicyclic amines) is 1. The van der Waals surface area contributed by atoms with E-state index in [0.717, 1.165) is 37.1 Å². The molecule has 6 nitrogen and oxygen atoms in total. The second-order valence-corrected chi connectivity index (χ2v) is 9.22. The van der Waals surface area contributed by atoms with E-state index in [0.29, 0.717) is 0 Å². The van der Waals surface area contributed by atoms with Crippen LogP contribution in [0.1, 0.15) is 54.8 Å². The number of guanidine groups is 1. The van der Waals surface area contributed by atoms with Crippen LogP contribution in [0.4, 0.5) is 0 Å². The molecule has 1 aliphatic rings. The minimum Gasteiger partial charge on any atom is -0.354 e. The molecule has 2 heterocycles. The van der Waals surface area contributed by atoms with Gasteiger partial charge in [0.15, 0.2) is 5.96 Å². The summed E-state index contributed by atoms with van der Waals surface area (Å²) in [5, 5.41) is 11.5. The maximum atomic E-state index is 4.53. The molecule has 0 amide bonds. The predicted molar refractivity (Wildman–Crippen MR) is 145 cm³/mol. The first kappa shape index (κ1) is 26.6. The Balaban J connectivity index is 0.00000363. The van der Waals surface area contributed by atoms with Gasteiger partial charge < -0.3 is 10.6 Å². The van der Waals surface area contributed by atoms with E-state index in [2.05, 4.69) is 77.6 Å². The van der Waals surface area contributed by atoms with Crippen molar-refractivity contribution in [1.82, 2.24) is 25.3 Å². The highest BCUT2D eigenvalue weighted by molar-refractivity contribution is 14.0. The van der Waals surface area contributed by atoms with Crippen LogP contribution in [0.25, 0.3) is 0 Å². The number of nitrogens with zero attached hydrogens (tertiary/aromatic N) is 4. The van der Waals surface area contributed by atoms with Gasteiger partial charge in [-0.1, -0.05) is 31.2 Å². The summed E-state index contributed by atoms with van der Waals surface area (Å²) in [7, 11) is 3.83. The minimum atomic E-state index is 0. The van der Waals surface area contributed by atoms with Crippen molar-refractivity contribution in [2.45, 2.75) is 66.1 Å². The van der Waals surface area contributed by atoms with Gasteiger partial charge in [0, 0.05) is 38.9 Å². The normalized spacial score (nSPS) is 16.5. The smallest absolute Gasteiger partial charge is 0.191 e. The van der Waals surface area contributed by atoms with Gasteiger partial charge in [0.25, 0.3) is 0 Å². The fraction of sp³-hybridized carbons (Fsp3) is 0.600. The van der Waals surface area contributed by atoms with Crippen LogP contribution in [0.3, 0.4) is 0 Å². The molecule has 1 aliphatic heterocycles. The molecule has 1 saturated heterocycles. The number of hydrogen-bond donors (Lipinski definition) is 2. The number of nitrogens with one attached hydrogen (secondary N) is 2. The van der Waals surface area contributed by atoms with E-state index in [9.17, 15) is 0 Å². The van der Waals surface area contributed by atoms with Crippen molar-refractivity contribution in [3.05, 3.63) is 52.3 Å². The molecule has 3 rings (SSSR count). The summed E-state index contributed by atoms with van der Waals surface area (Å²) >= 11 is 0. The standard InChI is InChI=1S/C25H40N6.HI/c1-18-11-13-31(14-12-18)17-23-9-7-22(8-10-23)16-27-25(26-5)28-19(2)15-24-20(3)29-30(6)21(24)4;/h7-10,18-19H,11-17H2,1-6H3,(H2,26,27,28);1H. The summed E-state index contributed by atoms with van der Waals surface area (Å²) < 4.78 is 1.96. The Morgan fingerprint density at radius 1 is 1.16 bits per heavy atom. The number of aliphatic imine (C=N–C) groups is 1. The molecule has 1 aromatic carbocycles. The summed E-state index contributed by atoms with van der Waals surface area (Å²) in [6.45, 7) is 13.0. The van der Waals surface area contributed by atoms with Crippen molar-refractivity contribution < 1.29 is 0 Å². The quantitative estimate of drug-likeness (QED) is 0.308. The molecular formula is C25H41IN6. The number of benzene rings is 1. The molecular weight excluding hydrogens is 511 g/mol. The lowest BCUT2D eigenvalue weighted by Crippen LogP contribution is -2.42. The van der Waals surface area contributed by atoms with Crippen molar-refractivity contribution in [3.8, 4) is 0 Å². The van der Waals surface area contributed by atoms with E-state index in [1.165, 1.54) is 48.3 Å². The molecule has 0 saturated carbocycles. The summed E-state index contributed by atoms with van der Waals surface area (Å²) in [5.74, 6) is 1.71. The maximum absolute atomic E-state index is 4.53. The Morgan fingerprint density at radius 3 is 2.34 bits per heavy atom. The van der Waals surface area contributed by atoms with Crippen LogP contribution in [-0.2, 0) is 26.6 Å². The lowest BCUT2D eigenvalue weighted by atomic mass is 9.99. The fourth-order valence-electron chi connectivity index (χ4n) is 4.32. The number of aryl methyl sites for hydroxylation is 2. The van der Waals surface area contributed by atoms with Crippen molar-refractivity contribution in [2.75, 3.05) is 20.1 Å². The van der Waals surface area contributed by atoms with Crippen LogP contribution in [0, 0.1) is 19.8 Å². The lowest BCUT2D eigenvalue weighted by Gasteiger charge is -2.30. The lowest BCUT2D eigenvalue weighted by molar-refractivity contribution is 0.185. The van der Waals surface area contributed by atoms with E-state index in [-0.39, 0.29) is 30.0 Å². The molecule has 2 N–H and O–H groups in total. The molecule has 0 spiro atoms. The zero-order valence-corrected chi connectivity index (χ0v) is 22.9. The van der Waals surface area contributed by atoms with Gasteiger partial charge in [-0.2, -0.15) is 5.10 Å². The van der Waals surface area contributed by atoms with E-state index in [4.69, 9.17) is 0 Å². The van der Waals surface area contributed by atoms with Gasteiger partial charge in [-0.25, -0.2) is 0 Å². The summed E-state index contributed by atoms with van der Waals surface area (Å²) in [4.78, 5) is 6.98. The summed E-state index contributed by atoms with van der Waals surface area (Å²) in [5.41, 5.74) is 6.32. The molecule has 7 heteroatoms. The SMILES string of the molecule is CN=C(NCc1ccc(CN2CCC(C)CC2)cc1)NC(C)Cc1c(C)nn(C)c1C.I. The van der Waals surface area contributed by atoms with Gasteiger partial charge in [0.05, 0.1) is 5.69 Å². The minimum absolute atomic E-state index is 0. The highest BCUT2D eigenvalue weighted by Crippen LogP contribution is 2.18. The van der Waals surface area contributed by atoms with Crippen molar-refractivity contribution in [2.24, 2.45) is 18.0 Å². The van der Waals surface area contributed by atoms with Crippen molar-refractivity contribution in [1.29, 1.82) is 0 Å². The monoisotopic (exact) mass is 552 g/mol. The second-order valence-electron chi connectivity index (χ2n) is 9.22. The first-order chi connectivity index (χ1) is 14.9. The Morgan fingerprint density at radius 2 is 1.78 bits per heavy atom. The summed E-state index contributed by atoms with van der Waals surface area (Å²) in [6, 6.07) is 9.26. The number of halogens is 1. The molecule has 32 heavy (non-hydrogen) atoms. The molecule has 1 atom stereocenters. The van der Waals surface area contributed by atoms with Crippen molar-refractivity contribution >= 4 is 29.9 Å². The topological polar surface area (TPSA) is 57.5 Å². The van der Waals surface area contributed by atoms with Crippen LogP contribution < -0.4 is 10.6 Å². The molecule has 178 valence electrons. The first-order valence-corrected chi connectivity index (χ1v) is 11.6. The van der Waals surface area contributed by atoms with E-state index in [1.807, 2.05) is 18.8 Å². The Labute approximate surface area is 211 Å². The van der Waals surface area contributed by atoms with E-state index < -0.39 is 0 Å². The van der Waals surface area contributed by atoms with Gasteiger partial charge in [0.1, 0.15) is 0 Å². The average molecular weight is 553 g/mol. The van der Waals surface area contributed by atoms with Crippen LogP contribution in [-0.4, -0.2) is 46.8 Å². The Bertz CT molecular complexity index is 865. The molecule has 0 radical (unpaired) electrons. The Kier molecular flexibility index (Phi) is 10.5.